The van der Waals surface area contributed by atoms with Crippen LogP contribution in [0.3, 0.4) is 0 Å². The molecule has 10 heteroatoms. The summed E-state index contributed by atoms with van der Waals surface area (Å²) in [5.41, 5.74) is -0.653. The number of thiazole rings is 1. The summed E-state index contributed by atoms with van der Waals surface area (Å²) in [5, 5.41) is 9.84. The molecule has 146 valence electrons. The Morgan fingerprint density at radius 3 is 2.82 bits per heavy atom. The summed E-state index contributed by atoms with van der Waals surface area (Å²) >= 11 is 1.58. The fourth-order valence-electron chi connectivity index (χ4n) is 2.48. The van der Waals surface area contributed by atoms with E-state index in [-0.39, 0.29) is 23.8 Å². The monoisotopic (exact) mass is 401 g/mol. The molecule has 3 aromatic heterocycles. The highest BCUT2D eigenvalue weighted by Crippen LogP contribution is 2.11. The van der Waals surface area contributed by atoms with Crippen LogP contribution in [-0.2, 0) is 17.8 Å². The first-order chi connectivity index (χ1) is 13.4. The van der Waals surface area contributed by atoms with Gasteiger partial charge in [0.2, 0.25) is 5.91 Å². The van der Waals surface area contributed by atoms with E-state index < -0.39 is 11.5 Å². The van der Waals surface area contributed by atoms with Crippen molar-refractivity contribution in [2.75, 3.05) is 11.9 Å². The Labute approximate surface area is 164 Å². The fourth-order valence-corrected chi connectivity index (χ4v) is 3.27. The quantitative estimate of drug-likeness (QED) is 0.620. The predicted molar refractivity (Wildman–Crippen MR) is 103 cm³/mol. The van der Waals surface area contributed by atoms with Crippen molar-refractivity contribution >= 4 is 29.0 Å². The molecular formula is C18H19N5O4S. The third-order valence-corrected chi connectivity index (χ3v) is 4.75. The van der Waals surface area contributed by atoms with Gasteiger partial charge in [-0.1, -0.05) is 5.16 Å². The zero-order chi connectivity index (χ0) is 20.1. The smallest absolute Gasteiger partial charge is 0.263 e. The van der Waals surface area contributed by atoms with E-state index in [0.717, 1.165) is 9.88 Å². The van der Waals surface area contributed by atoms with Crippen LogP contribution in [-0.4, -0.2) is 33.1 Å². The number of aryl methyl sites for hydroxylation is 2. The number of hydrogen-bond donors (Lipinski definition) is 2. The molecule has 3 rings (SSSR count). The van der Waals surface area contributed by atoms with Crippen molar-refractivity contribution in [2.24, 2.45) is 0 Å². The number of carbonyl (C=O) groups is 2. The first-order valence-corrected chi connectivity index (χ1v) is 9.36. The Morgan fingerprint density at radius 1 is 1.32 bits per heavy atom. The van der Waals surface area contributed by atoms with E-state index in [1.807, 2.05) is 6.92 Å². The maximum Gasteiger partial charge on any atom is 0.263 e. The second-order valence-electron chi connectivity index (χ2n) is 6.10. The van der Waals surface area contributed by atoms with E-state index in [4.69, 9.17) is 4.52 Å². The molecule has 0 fully saturated rings. The van der Waals surface area contributed by atoms with E-state index in [1.165, 1.54) is 29.0 Å². The molecule has 0 bridgehead atoms. The summed E-state index contributed by atoms with van der Waals surface area (Å²) in [4.78, 5) is 42.3. The van der Waals surface area contributed by atoms with Crippen molar-refractivity contribution in [2.45, 2.75) is 26.8 Å². The molecule has 0 aliphatic carbocycles. The van der Waals surface area contributed by atoms with Gasteiger partial charge in [0, 0.05) is 36.3 Å². The molecule has 0 aliphatic rings. The number of nitrogens with one attached hydrogen (secondary N) is 2. The summed E-state index contributed by atoms with van der Waals surface area (Å²) in [7, 11) is 0. The lowest BCUT2D eigenvalue weighted by Crippen LogP contribution is -2.35. The lowest BCUT2D eigenvalue weighted by atomic mass is 10.2. The Hall–Kier alpha value is -3.27. The van der Waals surface area contributed by atoms with Crippen molar-refractivity contribution in [1.29, 1.82) is 0 Å². The molecule has 0 aromatic carbocycles. The number of hydrogen-bond acceptors (Lipinski definition) is 7. The van der Waals surface area contributed by atoms with Crippen LogP contribution in [0.15, 0.2) is 39.9 Å². The minimum absolute atomic E-state index is 0.0887. The average Bonchev–Trinajstić information content (AvgIpc) is 3.24. The second-order valence-corrected chi connectivity index (χ2v) is 7.42. The van der Waals surface area contributed by atoms with E-state index in [2.05, 4.69) is 20.8 Å². The van der Waals surface area contributed by atoms with E-state index in [0.29, 0.717) is 18.7 Å². The number of aromatic nitrogens is 3. The summed E-state index contributed by atoms with van der Waals surface area (Å²) in [5.74, 6) is -0.190. The standard InChI is InChI=1S/C18H19N5O4S/c1-11-8-14(22-27-11)21-17(25)13-4-3-7-23(18(13)26)10-15(24)19-6-5-16-20-9-12(2)28-16/h3-4,7-9H,5-6,10H2,1-2H3,(H,19,24)(H,21,22,25). The summed E-state index contributed by atoms with van der Waals surface area (Å²) < 4.78 is 6.06. The SMILES string of the molecule is Cc1cc(NC(=O)c2cccn(CC(=O)NCCc3ncc(C)s3)c2=O)no1. The molecule has 0 saturated heterocycles. The fraction of sp³-hybridized carbons (Fsp3) is 0.278. The van der Waals surface area contributed by atoms with Crippen molar-refractivity contribution < 1.29 is 14.1 Å². The minimum atomic E-state index is -0.618. The number of nitrogens with zero attached hydrogens (tertiary/aromatic N) is 3. The molecule has 2 N–H and O–H groups in total. The van der Waals surface area contributed by atoms with Crippen LogP contribution in [0.5, 0.6) is 0 Å². The largest absolute Gasteiger partial charge is 0.360 e. The first kappa shape index (κ1) is 19.5. The van der Waals surface area contributed by atoms with E-state index >= 15 is 0 Å². The molecule has 0 unspecified atom stereocenters. The van der Waals surface area contributed by atoms with Crippen molar-refractivity contribution in [3.63, 3.8) is 0 Å². The van der Waals surface area contributed by atoms with Crippen LogP contribution < -0.4 is 16.2 Å². The highest BCUT2D eigenvalue weighted by Gasteiger charge is 2.15. The molecule has 0 saturated carbocycles. The number of amides is 2. The summed E-state index contributed by atoms with van der Waals surface area (Å²) in [6, 6.07) is 4.47. The Balaban J connectivity index is 1.59. The van der Waals surface area contributed by atoms with Gasteiger partial charge in [0.25, 0.3) is 11.5 Å². The third-order valence-electron chi connectivity index (χ3n) is 3.78. The topological polar surface area (TPSA) is 119 Å². The van der Waals surface area contributed by atoms with Gasteiger partial charge in [-0.05, 0) is 26.0 Å². The molecule has 0 aliphatic heterocycles. The molecular weight excluding hydrogens is 382 g/mol. The normalized spacial score (nSPS) is 10.6. The Kier molecular flexibility index (Phi) is 5.99. The third kappa shape index (κ3) is 4.92. The number of anilines is 1. The number of rotatable bonds is 7. The number of carbonyl (C=O) groups excluding carboxylic acids is 2. The average molecular weight is 401 g/mol. The highest BCUT2D eigenvalue weighted by atomic mass is 32.1. The molecule has 9 nitrogen and oxygen atoms in total. The van der Waals surface area contributed by atoms with Crippen LogP contribution in [0, 0.1) is 13.8 Å². The molecule has 0 spiro atoms. The molecule has 3 aromatic rings. The molecule has 28 heavy (non-hydrogen) atoms. The summed E-state index contributed by atoms with van der Waals surface area (Å²) in [6.45, 7) is 3.90. The van der Waals surface area contributed by atoms with Gasteiger partial charge in [-0.15, -0.1) is 11.3 Å². The van der Waals surface area contributed by atoms with Crippen LogP contribution in [0.4, 0.5) is 5.82 Å². The lowest BCUT2D eigenvalue weighted by molar-refractivity contribution is -0.121. The van der Waals surface area contributed by atoms with Gasteiger partial charge in [0.1, 0.15) is 17.9 Å². The van der Waals surface area contributed by atoms with E-state index in [1.54, 1.807) is 24.5 Å². The Bertz CT molecular complexity index is 1050. The maximum atomic E-state index is 12.5. The van der Waals surface area contributed by atoms with Crippen molar-refractivity contribution in [3.8, 4) is 0 Å². The van der Waals surface area contributed by atoms with Gasteiger partial charge in [0.15, 0.2) is 5.82 Å². The lowest BCUT2D eigenvalue weighted by Gasteiger charge is -2.08. The highest BCUT2D eigenvalue weighted by molar-refractivity contribution is 7.11. The molecule has 2 amide bonds. The minimum Gasteiger partial charge on any atom is -0.360 e. The van der Waals surface area contributed by atoms with E-state index in [9.17, 15) is 14.4 Å². The van der Waals surface area contributed by atoms with Crippen LogP contribution in [0.2, 0.25) is 0 Å². The maximum absolute atomic E-state index is 12.5. The number of pyridine rings is 1. The van der Waals surface area contributed by atoms with Gasteiger partial charge in [-0.2, -0.15) is 0 Å². The molecule has 3 heterocycles. The van der Waals surface area contributed by atoms with Gasteiger partial charge in [0.05, 0.1) is 5.01 Å². The van der Waals surface area contributed by atoms with Crippen molar-refractivity contribution in [3.05, 3.63) is 62.2 Å². The Morgan fingerprint density at radius 2 is 2.14 bits per heavy atom. The zero-order valence-corrected chi connectivity index (χ0v) is 16.2. The van der Waals surface area contributed by atoms with Gasteiger partial charge in [-0.25, -0.2) is 4.98 Å². The van der Waals surface area contributed by atoms with Crippen LogP contribution >= 0.6 is 11.3 Å². The van der Waals surface area contributed by atoms with Gasteiger partial charge >= 0.3 is 0 Å². The predicted octanol–water partition coefficient (Wildman–Crippen LogP) is 1.52. The van der Waals surface area contributed by atoms with Gasteiger partial charge < -0.3 is 19.7 Å². The molecule has 0 atom stereocenters. The zero-order valence-electron chi connectivity index (χ0n) is 15.4. The van der Waals surface area contributed by atoms with Gasteiger partial charge in [-0.3, -0.25) is 14.4 Å². The van der Waals surface area contributed by atoms with Crippen molar-refractivity contribution in [1.82, 2.24) is 20.0 Å². The summed E-state index contributed by atoms with van der Waals surface area (Å²) in [6.07, 6.45) is 3.88. The first-order valence-electron chi connectivity index (χ1n) is 8.54. The van der Waals surface area contributed by atoms with Crippen LogP contribution in [0.1, 0.15) is 26.0 Å². The van der Waals surface area contributed by atoms with Crippen LogP contribution in [0.25, 0.3) is 0 Å². The second kappa shape index (κ2) is 8.61. The molecule has 0 radical (unpaired) electrons.